The van der Waals surface area contributed by atoms with Crippen molar-refractivity contribution in [2.75, 3.05) is 5.73 Å². The fourth-order valence-electron chi connectivity index (χ4n) is 3.35. The van der Waals surface area contributed by atoms with Crippen molar-refractivity contribution in [2.45, 2.75) is 30.2 Å². The van der Waals surface area contributed by atoms with Gasteiger partial charge in [0.1, 0.15) is 10.3 Å². The molecule has 0 radical (unpaired) electrons. The van der Waals surface area contributed by atoms with Crippen LogP contribution in [0.1, 0.15) is 12.5 Å². The van der Waals surface area contributed by atoms with E-state index in [1.165, 1.54) is 22.6 Å². The standard InChI is InChI=1S/C20H18N4O3S/c1-3-23-17(21)16(28(26,27)14-9-5-4-6-10-14)12-15-19(23)22-18-13(2)8-7-11-24(18)20(15)25/h4-12,21H,3H2,1-2H3/p+1. The number of benzene rings is 1. The van der Waals surface area contributed by atoms with E-state index in [0.717, 1.165) is 5.56 Å². The number of sulfone groups is 1. The first-order valence-electron chi connectivity index (χ1n) is 8.80. The van der Waals surface area contributed by atoms with Gasteiger partial charge in [-0.05, 0) is 38.1 Å². The maximum Gasteiger partial charge on any atom is 0.278 e. The van der Waals surface area contributed by atoms with Crippen molar-refractivity contribution < 1.29 is 13.0 Å². The Balaban J connectivity index is 2.17. The summed E-state index contributed by atoms with van der Waals surface area (Å²) in [5.74, 6) is 0.0590. The Morgan fingerprint density at radius 2 is 1.86 bits per heavy atom. The third-order valence-electron chi connectivity index (χ3n) is 4.80. The van der Waals surface area contributed by atoms with E-state index in [-0.39, 0.29) is 26.6 Å². The Hall–Kier alpha value is -3.26. The van der Waals surface area contributed by atoms with Crippen LogP contribution in [0.2, 0.25) is 0 Å². The van der Waals surface area contributed by atoms with Crippen LogP contribution in [-0.2, 0) is 16.4 Å². The molecule has 0 aliphatic carbocycles. The number of fused-ring (bicyclic) bond motifs is 2. The van der Waals surface area contributed by atoms with Crippen LogP contribution in [0.3, 0.4) is 0 Å². The lowest BCUT2D eigenvalue weighted by Crippen LogP contribution is -2.40. The topological polar surface area (TPSA) is 98.4 Å². The molecular weight excluding hydrogens is 376 g/mol. The second-order valence-corrected chi connectivity index (χ2v) is 8.41. The molecule has 0 bridgehead atoms. The number of nitrogens with two attached hydrogens (primary N) is 1. The highest BCUT2D eigenvalue weighted by atomic mass is 32.2. The van der Waals surface area contributed by atoms with E-state index in [1.54, 1.807) is 35.0 Å². The molecule has 0 saturated carbocycles. The summed E-state index contributed by atoms with van der Waals surface area (Å²) in [6, 6.07) is 13.0. The first kappa shape index (κ1) is 18.1. The molecule has 0 fully saturated rings. The monoisotopic (exact) mass is 395 g/mol. The zero-order chi connectivity index (χ0) is 20.1. The Morgan fingerprint density at radius 1 is 1.14 bits per heavy atom. The molecule has 28 heavy (non-hydrogen) atoms. The number of hydrogen-bond acceptors (Lipinski definition) is 5. The highest BCUT2D eigenvalue weighted by molar-refractivity contribution is 7.91. The lowest BCUT2D eigenvalue weighted by molar-refractivity contribution is -0.656. The average molecular weight is 395 g/mol. The fraction of sp³-hybridized carbons (Fsp3) is 0.150. The van der Waals surface area contributed by atoms with Crippen molar-refractivity contribution in [1.29, 1.82) is 0 Å². The van der Waals surface area contributed by atoms with Crippen LogP contribution in [0, 0.1) is 6.92 Å². The van der Waals surface area contributed by atoms with Crippen molar-refractivity contribution in [3.8, 4) is 0 Å². The van der Waals surface area contributed by atoms with E-state index in [4.69, 9.17) is 5.73 Å². The molecule has 8 heteroatoms. The number of pyridine rings is 2. The van der Waals surface area contributed by atoms with Gasteiger partial charge in [-0.25, -0.2) is 13.0 Å². The number of hydrogen-bond donors (Lipinski definition) is 1. The Morgan fingerprint density at radius 3 is 2.54 bits per heavy atom. The number of aryl methyl sites for hydroxylation is 2. The molecule has 3 heterocycles. The maximum absolute atomic E-state index is 13.2. The van der Waals surface area contributed by atoms with Gasteiger partial charge in [0, 0.05) is 11.8 Å². The average Bonchev–Trinajstić information content (AvgIpc) is 2.69. The number of aromatic nitrogens is 3. The summed E-state index contributed by atoms with van der Waals surface area (Å²) < 4.78 is 29.3. The van der Waals surface area contributed by atoms with Gasteiger partial charge in [0.25, 0.3) is 11.2 Å². The van der Waals surface area contributed by atoms with Gasteiger partial charge in [-0.15, -0.1) is 0 Å². The van der Waals surface area contributed by atoms with Crippen molar-refractivity contribution in [2.24, 2.45) is 0 Å². The van der Waals surface area contributed by atoms with Gasteiger partial charge in [-0.1, -0.05) is 29.2 Å². The largest absolute Gasteiger partial charge is 0.317 e. The zero-order valence-electron chi connectivity index (χ0n) is 15.5. The van der Waals surface area contributed by atoms with Crippen LogP contribution in [0.25, 0.3) is 16.7 Å². The molecule has 0 atom stereocenters. The van der Waals surface area contributed by atoms with Crippen molar-refractivity contribution in [3.05, 3.63) is 70.6 Å². The summed E-state index contributed by atoms with van der Waals surface area (Å²) in [5.41, 5.74) is 7.63. The van der Waals surface area contributed by atoms with Gasteiger partial charge >= 0.3 is 0 Å². The number of anilines is 1. The van der Waals surface area contributed by atoms with Gasteiger partial charge in [0.05, 0.1) is 11.4 Å². The quantitative estimate of drug-likeness (QED) is 0.422. The van der Waals surface area contributed by atoms with Crippen molar-refractivity contribution >= 4 is 32.3 Å². The predicted molar refractivity (Wildman–Crippen MR) is 106 cm³/mol. The van der Waals surface area contributed by atoms with Gasteiger partial charge in [0.15, 0.2) is 0 Å². The molecule has 1 aromatic carbocycles. The molecule has 7 nitrogen and oxygen atoms in total. The van der Waals surface area contributed by atoms with Crippen molar-refractivity contribution in [3.63, 3.8) is 0 Å². The molecule has 2 N–H and O–H groups in total. The Kier molecular flexibility index (Phi) is 4.15. The molecular formula is C20H19N4O3S+. The number of nitrogens with zero attached hydrogens (tertiary/aromatic N) is 3. The van der Waals surface area contributed by atoms with Gasteiger partial charge < -0.3 is 5.73 Å². The minimum absolute atomic E-state index is 0.0590. The molecule has 0 amide bonds. The van der Waals surface area contributed by atoms with E-state index in [2.05, 4.69) is 4.98 Å². The van der Waals surface area contributed by atoms with Gasteiger partial charge in [-0.2, -0.15) is 0 Å². The van der Waals surface area contributed by atoms with Gasteiger partial charge in [0.2, 0.25) is 21.3 Å². The van der Waals surface area contributed by atoms with E-state index < -0.39 is 9.84 Å². The summed E-state index contributed by atoms with van der Waals surface area (Å²) in [6.07, 6.45) is 1.62. The van der Waals surface area contributed by atoms with Crippen molar-refractivity contribution in [1.82, 2.24) is 9.38 Å². The Labute approximate surface area is 161 Å². The smallest absolute Gasteiger partial charge is 0.278 e. The van der Waals surface area contributed by atoms with Crippen LogP contribution in [0.5, 0.6) is 0 Å². The summed E-state index contributed by atoms with van der Waals surface area (Å²) in [4.78, 5) is 17.7. The third-order valence-corrected chi connectivity index (χ3v) is 6.60. The first-order chi connectivity index (χ1) is 13.4. The van der Waals surface area contributed by atoms with E-state index in [0.29, 0.717) is 17.8 Å². The third kappa shape index (κ3) is 2.56. The maximum atomic E-state index is 13.2. The SMILES string of the molecule is CC[n+]1c(N)c(S(=O)(=O)c2ccccc2)cc2c(=O)n3cccc(C)c3nc21. The molecule has 142 valence electrons. The van der Waals surface area contributed by atoms with E-state index in [1.807, 2.05) is 19.9 Å². The first-order valence-corrected chi connectivity index (χ1v) is 10.3. The summed E-state index contributed by atoms with van der Waals surface area (Å²) in [5, 5.41) is 0.202. The van der Waals surface area contributed by atoms with Crippen LogP contribution in [0.4, 0.5) is 5.82 Å². The molecule has 3 aromatic heterocycles. The van der Waals surface area contributed by atoms with Crippen LogP contribution in [0.15, 0.2) is 69.3 Å². The van der Waals surface area contributed by atoms with E-state index in [9.17, 15) is 13.2 Å². The molecule has 0 aliphatic rings. The molecule has 0 spiro atoms. The highest BCUT2D eigenvalue weighted by Gasteiger charge is 2.28. The second-order valence-electron chi connectivity index (χ2n) is 6.49. The molecule has 4 rings (SSSR count). The second kappa shape index (κ2) is 6.42. The lowest BCUT2D eigenvalue weighted by Gasteiger charge is -2.12. The predicted octanol–water partition coefficient (Wildman–Crippen LogP) is 1.88. The summed E-state index contributed by atoms with van der Waals surface area (Å²) in [7, 11) is -3.89. The Bertz CT molecular complexity index is 1390. The molecule has 0 unspecified atom stereocenters. The molecule has 4 aromatic rings. The van der Waals surface area contributed by atoms with Gasteiger partial charge in [-0.3, -0.25) is 9.20 Å². The minimum atomic E-state index is -3.89. The summed E-state index contributed by atoms with van der Waals surface area (Å²) >= 11 is 0. The normalized spacial score (nSPS) is 11.9. The lowest BCUT2D eigenvalue weighted by atomic mass is 10.2. The minimum Gasteiger partial charge on any atom is -0.317 e. The summed E-state index contributed by atoms with van der Waals surface area (Å²) in [6.45, 7) is 4.06. The van der Waals surface area contributed by atoms with Crippen LogP contribution in [-0.4, -0.2) is 17.8 Å². The number of nitrogen functional groups attached to an aromatic ring is 1. The number of rotatable bonds is 3. The zero-order valence-corrected chi connectivity index (χ0v) is 16.3. The molecule has 0 saturated heterocycles. The fourth-order valence-corrected chi connectivity index (χ4v) is 4.77. The highest BCUT2D eigenvalue weighted by Crippen LogP contribution is 2.26. The molecule has 0 aliphatic heterocycles. The van der Waals surface area contributed by atoms with Crippen LogP contribution >= 0.6 is 0 Å². The van der Waals surface area contributed by atoms with E-state index >= 15 is 0 Å². The van der Waals surface area contributed by atoms with Crippen LogP contribution < -0.4 is 15.9 Å².